The maximum atomic E-state index is 12.1. The van der Waals surface area contributed by atoms with Gasteiger partial charge in [-0.3, -0.25) is 14.2 Å². The van der Waals surface area contributed by atoms with Crippen molar-refractivity contribution in [3.05, 3.63) is 28.4 Å². The van der Waals surface area contributed by atoms with Crippen LogP contribution in [0, 0.1) is 6.92 Å². The lowest BCUT2D eigenvalue weighted by Gasteiger charge is -2.21. The number of likely N-dealkylation sites (tertiary alicyclic amines) is 1. The van der Waals surface area contributed by atoms with Crippen LogP contribution in [0.4, 0.5) is 0 Å². The van der Waals surface area contributed by atoms with Crippen LogP contribution in [0.3, 0.4) is 0 Å². The molecule has 1 aliphatic rings. The molecule has 0 aromatic carbocycles. The van der Waals surface area contributed by atoms with E-state index in [2.05, 4.69) is 4.98 Å². The molecule has 0 radical (unpaired) electrons. The maximum absolute atomic E-state index is 12.1. The van der Waals surface area contributed by atoms with Crippen LogP contribution in [0.15, 0.2) is 17.3 Å². The Bertz CT molecular complexity index is 493. The molecule has 17 heavy (non-hydrogen) atoms. The molecule has 1 amide bonds. The molecule has 1 aromatic heterocycles. The highest BCUT2D eigenvalue weighted by Gasteiger charge is 2.34. The van der Waals surface area contributed by atoms with E-state index in [0.717, 1.165) is 0 Å². The molecule has 0 bridgehead atoms. The lowest BCUT2D eigenvalue weighted by Crippen LogP contribution is -2.36. The number of carbonyl (C=O) groups is 1. The highest BCUT2D eigenvalue weighted by molar-refractivity contribution is 5.82. The number of nitrogens with zero attached hydrogens (tertiary/aromatic N) is 3. The first kappa shape index (κ1) is 11.8. The molecule has 1 fully saturated rings. The minimum atomic E-state index is -0.378. The first-order valence-electron chi connectivity index (χ1n) is 5.85. The van der Waals surface area contributed by atoms with Gasteiger partial charge in [0, 0.05) is 24.3 Å². The molecule has 1 unspecified atom stereocenters. The van der Waals surface area contributed by atoms with Gasteiger partial charge in [-0.1, -0.05) is 0 Å². The van der Waals surface area contributed by atoms with Crippen LogP contribution in [0.1, 0.15) is 31.9 Å². The van der Waals surface area contributed by atoms with Gasteiger partial charge in [-0.15, -0.1) is 0 Å². The second-order valence-electron chi connectivity index (χ2n) is 4.72. The average Bonchev–Trinajstić information content (AvgIpc) is 2.64. The van der Waals surface area contributed by atoms with E-state index in [1.165, 1.54) is 17.1 Å². The van der Waals surface area contributed by atoms with E-state index in [-0.39, 0.29) is 23.6 Å². The molecule has 0 spiro atoms. The number of hydrogen-bond acceptors (Lipinski definition) is 3. The van der Waals surface area contributed by atoms with Crippen LogP contribution in [0.5, 0.6) is 0 Å². The van der Waals surface area contributed by atoms with Gasteiger partial charge in [0.1, 0.15) is 6.04 Å². The lowest BCUT2D eigenvalue weighted by atomic mass is 10.2. The SMILES string of the molecule is Cc1cncn(C2CCN(C(C)C)C2=O)c1=O. The zero-order valence-electron chi connectivity index (χ0n) is 10.4. The van der Waals surface area contributed by atoms with E-state index in [4.69, 9.17) is 0 Å². The molecular weight excluding hydrogens is 218 g/mol. The van der Waals surface area contributed by atoms with Gasteiger partial charge in [0.25, 0.3) is 5.56 Å². The number of rotatable bonds is 2. The molecule has 0 N–H and O–H groups in total. The lowest BCUT2D eigenvalue weighted by molar-refractivity contribution is -0.131. The molecular formula is C12H17N3O2. The molecule has 1 saturated heterocycles. The third kappa shape index (κ3) is 1.97. The summed E-state index contributed by atoms with van der Waals surface area (Å²) < 4.78 is 1.46. The molecule has 0 saturated carbocycles. The monoisotopic (exact) mass is 235 g/mol. The summed E-state index contributed by atoms with van der Waals surface area (Å²) in [5.41, 5.74) is 0.451. The van der Waals surface area contributed by atoms with Gasteiger partial charge in [-0.2, -0.15) is 0 Å². The Morgan fingerprint density at radius 2 is 2.12 bits per heavy atom. The average molecular weight is 235 g/mol. The standard InChI is InChI=1S/C12H17N3O2/c1-8(2)14-5-4-10(12(14)17)15-7-13-6-9(3)11(15)16/h6-8,10H,4-5H2,1-3H3. The molecule has 5 nitrogen and oxygen atoms in total. The first-order valence-corrected chi connectivity index (χ1v) is 5.85. The summed E-state index contributed by atoms with van der Waals surface area (Å²) in [5.74, 6) is 0.0227. The first-order chi connectivity index (χ1) is 8.02. The molecule has 2 rings (SSSR count). The highest BCUT2D eigenvalue weighted by Crippen LogP contribution is 2.23. The molecule has 92 valence electrons. The van der Waals surface area contributed by atoms with Crippen molar-refractivity contribution < 1.29 is 4.79 Å². The second kappa shape index (κ2) is 4.31. The summed E-state index contributed by atoms with van der Waals surface area (Å²) in [6.07, 6.45) is 3.67. The maximum Gasteiger partial charge on any atom is 0.256 e. The fraction of sp³-hybridized carbons (Fsp3) is 0.583. The van der Waals surface area contributed by atoms with Gasteiger partial charge in [0.2, 0.25) is 5.91 Å². The van der Waals surface area contributed by atoms with Crippen molar-refractivity contribution >= 4 is 5.91 Å². The summed E-state index contributed by atoms with van der Waals surface area (Å²) in [6.45, 7) is 6.39. The van der Waals surface area contributed by atoms with Crippen molar-refractivity contribution in [1.29, 1.82) is 0 Å². The number of amides is 1. The van der Waals surface area contributed by atoms with E-state index in [1.54, 1.807) is 11.8 Å². The van der Waals surface area contributed by atoms with Crippen molar-refractivity contribution in [3.63, 3.8) is 0 Å². The Balaban J connectivity index is 2.34. The van der Waals surface area contributed by atoms with Crippen LogP contribution >= 0.6 is 0 Å². The Kier molecular flexibility index (Phi) is 3.00. The van der Waals surface area contributed by atoms with Crippen molar-refractivity contribution in [2.75, 3.05) is 6.54 Å². The third-order valence-corrected chi connectivity index (χ3v) is 3.20. The molecule has 1 aliphatic heterocycles. The predicted octanol–water partition coefficient (Wildman–Crippen LogP) is 0.734. The highest BCUT2D eigenvalue weighted by atomic mass is 16.2. The van der Waals surface area contributed by atoms with Crippen molar-refractivity contribution in [3.8, 4) is 0 Å². The number of hydrogen-bond donors (Lipinski definition) is 0. The van der Waals surface area contributed by atoms with Crippen molar-refractivity contribution in [2.24, 2.45) is 0 Å². The van der Waals surface area contributed by atoms with Crippen LogP contribution in [-0.4, -0.2) is 32.9 Å². The smallest absolute Gasteiger partial charge is 0.256 e. The largest absolute Gasteiger partial charge is 0.338 e. The normalized spacial score (nSPS) is 20.4. The van der Waals surface area contributed by atoms with Gasteiger partial charge in [0.15, 0.2) is 0 Å². The van der Waals surface area contributed by atoms with Crippen molar-refractivity contribution in [1.82, 2.24) is 14.5 Å². The van der Waals surface area contributed by atoms with Crippen molar-refractivity contribution in [2.45, 2.75) is 39.3 Å². The third-order valence-electron chi connectivity index (χ3n) is 3.20. The fourth-order valence-electron chi connectivity index (χ4n) is 2.21. The molecule has 0 aliphatic carbocycles. The summed E-state index contributed by atoms with van der Waals surface area (Å²) in [4.78, 5) is 29.9. The summed E-state index contributed by atoms with van der Waals surface area (Å²) in [5, 5.41) is 0. The zero-order chi connectivity index (χ0) is 12.6. The van der Waals surface area contributed by atoms with Gasteiger partial charge < -0.3 is 4.90 Å². The van der Waals surface area contributed by atoms with E-state index < -0.39 is 0 Å². The predicted molar refractivity (Wildman–Crippen MR) is 63.7 cm³/mol. The summed E-state index contributed by atoms with van der Waals surface area (Å²) in [6, 6.07) is -0.196. The van der Waals surface area contributed by atoms with Gasteiger partial charge in [0.05, 0.1) is 6.33 Å². The Labute approximate surface area is 100 Å². The number of carbonyl (C=O) groups excluding carboxylic acids is 1. The van der Waals surface area contributed by atoms with E-state index in [1.807, 2.05) is 13.8 Å². The minimum absolute atomic E-state index is 0.0227. The molecule has 5 heteroatoms. The topological polar surface area (TPSA) is 55.2 Å². The molecule has 1 aromatic rings. The van der Waals surface area contributed by atoms with E-state index >= 15 is 0 Å². The van der Waals surface area contributed by atoms with Gasteiger partial charge >= 0.3 is 0 Å². The number of aromatic nitrogens is 2. The minimum Gasteiger partial charge on any atom is -0.338 e. The molecule has 2 heterocycles. The quantitative estimate of drug-likeness (QED) is 0.759. The van der Waals surface area contributed by atoms with Crippen LogP contribution in [-0.2, 0) is 4.79 Å². The van der Waals surface area contributed by atoms with Crippen LogP contribution < -0.4 is 5.56 Å². The summed E-state index contributed by atoms with van der Waals surface area (Å²) in [7, 11) is 0. The van der Waals surface area contributed by atoms with E-state index in [9.17, 15) is 9.59 Å². The second-order valence-corrected chi connectivity index (χ2v) is 4.72. The van der Waals surface area contributed by atoms with Gasteiger partial charge in [-0.05, 0) is 27.2 Å². The number of aryl methyl sites for hydroxylation is 1. The Morgan fingerprint density at radius 3 is 2.71 bits per heavy atom. The Morgan fingerprint density at radius 1 is 1.41 bits per heavy atom. The van der Waals surface area contributed by atoms with E-state index in [0.29, 0.717) is 18.5 Å². The Hall–Kier alpha value is -1.65. The summed E-state index contributed by atoms with van der Waals surface area (Å²) >= 11 is 0. The van der Waals surface area contributed by atoms with Crippen LogP contribution in [0.2, 0.25) is 0 Å². The zero-order valence-corrected chi connectivity index (χ0v) is 10.4. The molecule has 1 atom stereocenters. The van der Waals surface area contributed by atoms with Crippen LogP contribution in [0.25, 0.3) is 0 Å². The fourth-order valence-corrected chi connectivity index (χ4v) is 2.21. The van der Waals surface area contributed by atoms with Gasteiger partial charge in [-0.25, -0.2) is 4.98 Å².